The van der Waals surface area contributed by atoms with E-state index in [4.69, 9.17) is 9.57 Å². The third-order valence-corrected chi connectivity index (χ3v) is 3.95. The molecular weight excluding hydrogens is 280 g/mol. The number of oxime groups is 1. The molecule has 3 rings (SSSR count). The fourth-order valence-corrected chi connectivity index (χ4v) is 2.66. The van der Waals surface area contributed by atoms with Crippen molar-refractivity contribution in [2.75, 3.05) is 6.61 Å². The lowest BCUT2D eigenvalue weighted by Gasteiger charge is -2.22. The Morgan fingerprint density at radius 1 is 1.32 bits per heavy atom. The van der Waals surface area contributed by atoms with Gasteiger partial charge in [-0.05, 0) is 24.8 Å². The van der Waals surface area contributed by atoms with Crippen molar-refractivity contribution in [3.63, 3.8) is 0 Å². The zero-order valence-corrected chi connectivity index (χ0v) is 12.7. The summed E-state index contributed by atoms with van der Waals surface area (Å²) in [6, 6.07) is 9.91. The molecule has 0 N–H and O–H groups in total. The second-order valence-electron chi connectivity index (χ2n) is 5.26. The molecule has 1 unspecified atom stereocenters. The molecule has 0 aliphatic carbocycles. The van der Waals surface area contributed by atoms with Gasteiger partial charge in [-0.15, -0.1) is 0 Å². The van der Waals surface area contributed by atoms with Crippen molar-refractivity contribution in [3.8, 4) is 0 Å². The molecule has 2 heterocycles. The minimum absolute atomic E-state index is 0.325. The summed E-state index contributed by atoms with van der Waals surface area (Å²) < 4.78 is 5.13. The molecule has 1 atom stereocenters. The largest absolute Gasteiger partial charge is 0.463 e. The lowest BCUT2D eigenvalue weighted by molar-refractivity contribution is -0.169. The Morgan fingerprint density at radius 2 is 2.14 bits per heavy atom. The Balaban J connectivity index is 1.95. The van der Waals surface area contributed by atoms with Gasteiger partial charge in [-0.2, -0.15) is 0 Å². The van der Waals surface area contributed by atoms with E-state index < -0.39 is 5.60 Å². The van der Waals surface area contributed by atoms with Crippen LogP contribution in [0.5, 0.6) is 0 Å². The highest BCUT2D eigenvalue weighted by molar-refractivity contribution is 6.11. The van der Waals surface area contributed by atoms with Crippen molar-refractivity contribution in [1.29, 1.82) is 0 Å². The Kier molecular flexibility index (Phi) is 3.79. The van der Waals surface area contributed by atoms with Crippen LogP contribution >= 0.6 is 0 Å². The van der Waals surface area contributed by atoms with Crippen LogP contribution in [0, 0.1) is 0 Å². The van der Waals surface area contributed by atoms with E-state index in [1.54, 1.807) is 13.1 Å². The molecule has 0 saturated heterocycles. The van der Waals surface area contributed by atoms with Gasteiger partial charge in [-0.25, -0.2) is 4.79 Å². The maximum atomic E-state index is 12.2. The lowest BCUT2D eigenvalue weighted by Crippen LogP contribution is -2.40. The van der Waals surface area contributed by atoms with Crippen molar-refractivity contribution >= 4 is 22.5 Å². The van der Waals surface area contributed by atoms with E-state index in [0.29, 0.717) is 25.2 Å². The summed E-state index contributed by atoms with van der Waals surface area (Å²) in [4.78, 5) is 22.1. The van der Waals surface area contributed by atoms with Gasteiger partial charge in [0.1, 0.15) is 5.71 Å². The number of pyridine rings is 1. The maximum absolute atomic E-state index is 12.2. The molecule has 0 radical (unpaired) electrons. The highest BCUT2D eigenvalue weighted by Crippen LogP contribution is 2.32. The summed E-state index contributed by atoms with van der Waals surface area (Å²) in [5.41, 5.74) is 0.425. The molecule has 2 aromatic rings. The van der Waals surface area contributed by atoms with Crippen molar-refractivity contribution in [3.05, 3.63) is 42.2 Å². The highest BCUT2D eigenvalue weighted by atomic mass is 16.7. The average Bonchev–Trinajstić information content (AvgIpc) is 3.00. The third kappa shape index (κ3) is 2.32. The summed E-state index contributed by atoms with van der Waals surface area (Å²) in [5, 5.41) is 6.22. The summed E-state index contributed by atoms with van der Waals surface area (Å²) in [6.07, 6.45) is 2.63. The monoisotopic (exact) mass is 298 g/mol. The Morgan fingerprint density at radius 3 is 2.91 bits per heavy atom. The van der Waals surface area contributed by atoms with Gasteiger partial charge in [-0.3, -0.25) is 4.98 Å². The first-order valence-corrected chi connectivity index (χ1v) is 7.46. The van der Waals surface area contributed by atoms with Crippen LogP contribution in [0.1, 0.15) is 32.4 Å². The van der Waals surface area contributed by atoms with Crippen LogP contribution in [0.4, 0.5) is 0 Å². The predicted molar refractivity (Wildman–Crippen MR) is 83.6 cm³/mol. The van der Waals surface area contributed by atoms with Crippen LogP contribution in [-0.2, 0) is 14.4 Å². The van der Waals surface area contributed by atoms with E-state index in [1.165, 1.54) is 0 Å². The fourth-order valence-electron chi connectivity index (χ4n) is 2.66. The summed E-state index contributed by atoms with van der Waals surface area (Å²) >= 11 is 0. The number of rotatable bonds is 4. The summed E-state index contributed by atoms with van der Waals surface area (Å²) in [5.74, 6) is -0.364. The van der Waals surface area contributed by atoms with Crippen LogP contribution in [0.3, 0.4) is 0 Å². The SMILES string of the molecule is CCOC(=O)C1(CC)CC(c2nccc3ccccc23)=NO1. The van der Waals surface area contributed by atoms with Gasteiger partial charge in [0.2, 0.25) is 5.60 Å². The minimum atomic E-state index is -1.02. The number of benzene rings is 1. The molecule has 114 valence electrons. The predicted octanol–water partition coefficient (Wildman–Crippen LogP) is 3.07. The number of carbonyl (C=O) groups is 1. The average molecular weight is 298 g/mol. The third-order valence-electron chi connectivity index (χ3n) is 3.95. The van der Waals surface area contributed by atoms with E-state index in [0.717, 1.165) is 16.5 Å². The molecule has 1 aliphatic rings. The molecule has 5 heteroatoms. The first-order valence-electron chi connectivity index (χ1n) is 7.46. The molecule has 1 aromatic heterocycles. The minimum Gasteiger partial charge on any atom is -0.463 e. The zero-order chi connectivity index (χ0) is 15.6. The van der Waals surface area contributed by atoms with E-state index >= 15 is 0 Å². The number of hydrogen-bond acceptors (Lipinski definition) is 5. The number of nitrogens with zero attached hydrogens (tertiary/aromatic N) is 2. The number of ether oxygens (including phenoxy) is 1. The number of aromatic nitrogens is 1. The van der Waals surface area contributed by atoms with E-state index in [2.05, 4.69) is 10.1 Å². The normalized spacial score (nSPS) is 20.5. The summed E-state index contributed by atoms with van der Waals surface area (Å²) in [7, 11) is 0. The fraction of sp³-hybridized carbons (Fsp3) is 0.353. The molecule has 0 spiro atoms. The van der Waals surface area contributed by atoms with Gasteiger partial charge >= 0.3 is 5.97 Å². The number of fused-ring (bicyclic) bond motifs is 1. The van der Waals surface area contributed by atoms with Crippen molar-refractivity contribution in [1.82, 2.24) is 4.98 Å². The van der Waals surface area contributed by atoms with Crippen LogP contribution in [0.2, 0.25) is 0 Å². The van der Waals surface area contributed by atoms with Crippen molar-refractivity contribution in [2.45, 2.75) is 32.3 Å². The first kappa shape index (κ1) is 14.5. The number of esters is 1. The molecule has 0 amide bonds. The van der Waals surface area contributed by atoms with E-state index in [9.17, 15) is 4.79 Å². The molecule has 5 nitrogen and oxygen atoms in total. The molecule has 1 aromatic carbocycles. The number of carbonyl (C=O) groups excluding carboxylic acids is 1. The van der Waals surface area contributed by atoms with Crippen LogP contribution in [-0.4, -0.2) is 28.9 Å². The second kappa shape index (κ2) is 5.75. The topological polar surface area (TPSA) is 60.8 Å². The maximum Gasteiger partial charge on any atom is 0.353 e. The lowest BCUT2D eigenvalue weighted by atomic mass is 9.92. The standard InChI is InChI=1S/C17H18N2O3/c1-3-17(16(20)21-4-2)11-14(19-22-17)15-13-8-6-5-7-12(13)9-10-18-15/h5-10H,3-4,11H2,1-2H3. The van der Waals surface area contributed by atoms with Gasteiger partial charge < -0.3 is 9.57 Å². The first-order chi connectivity index (χ1) is 10.7. The molecule has 22 heavy (non-hydrogen) atoms. The Bertz CT molecular complexity index is 736. The van der Waals surface area contributed by atoms with Gasteiger partial charge in [0.15, 0.2) is 0 Å². The molecule has 1 aliphatic heterocycles. The van der Waals surface area contributed by atoms with Crippen LogP contribution in [0.15, 0.2) is 41.7 Å². The van der Waals surface area contributed by atoms with Gasteiger partial charge in [0.25, 0.3) is 0 Å². The Hall–Kier alpha value is -2.43. The number of hydrogen-bond donors (Lipinski definition) is 0. The van der Waals surface area contributed by atoms with Crippen LogP contribution < -0.4 is 0 Å². The quantitative estimate of drug-likeness (QED) is 0.814. The highest BCUT2D eigenvalue weighted by Gasteiger charge is 2.47. The molecule has 0 saturated carbocycles. The van der Waals surface area contributed by atoms with E-state index in [1.807, 2.05) is 37.3 Å². The van der Waals surface area contributed by atoms with Crippen LogP contribution in [0.25, 0.3) is 10.8 Å². The van der Waals surface area contributed by atoms with Gasteiger partial charge in [0.05, 0.1) is 12.3 Å². The van der Waals surface area contributed by atoms with E-state index in [-0.39, 0.29) is 5.97 Å². The molecule has 0 fully saturated rings. The van der Waals surface area contributed by atoms with Gasteiger partial charge in [0, 0.05) is 18.0 Å². The summed E-state index contributed by atoms with van der Waals surface area (Å²) in [6.45, 7) is 4.00. The zero-order valence-electron chi connectivity index (χ0n) is 12.7. The molecular formula is C17H18N2O3. The van der Waals surface area contributed by atoms with Crippen molar-refractivity contribution in [2.24, 2.45) is 5.16 Å². The smallest absolute Gasteiger partial charge is 0.353 e. The Labute approximate surface area is 128 Å². The second-order valence-corrected chi connectivity index (χ2v) is 5.26. The van der Waals surface area contributed by atoms with Gasteiger partial charge in [-0.1, -0.05) is 36.3 Å². The molecule has 0 bridgehead atoms. The van der Waals surface area contributed by atoms with Crippen molar-refractivity contribution < 1.29 is 14.4 Å².